The second-order valence-electron chi connectivity index (χ2n) is 6.20. The highest BCUT2D eigenvalue weighted by Gasteiger charge is 2.33. The first-order chi connectivity index (χ1) is 14.1. The SMILES string of the molecule is CCNC(=NCc1ccc(S(=O)(=O)NC)cc1)NCc1ccc(F)cc1C(F)(F)F. The van der Waals surface area contributed by atoms with Crippen LogP contribution in [0.4, 0.5) is 17.6 Å². The van der Waals surface area contributed by atoms with Crippen LogP contribution in [0.2, 0.25) is 0 Å². The van der Waals surface area contributed by atoms with E-state index >= 15 is 0 Å². The molecule has 164 valence electrons. The topological polar surface area (TPSA) is 82.6 Å². The van der Waals surface area contributed by atoms with Crippen molar-refractivity contribution in [3.63, 3.8) is 0 Å². The van der Waals surface area contributed by atoms with Crippen LogP contribution in [0, 0.1) is 5.82 Å². The second kappa shape index (κ2) is 9.90. The van der Waals surface area contributed by atoms with Crippen LogP contribution < -0.4 is 15.4 Å². The van der Waals surface area contributed by atoms with Gasteiger partial charge >= 0.3 is 6.18 Å². The summed E-state index contributed by atoms with van der Waals surface area (Å²) in [6.45, 7) is 2.24. The van der Waals surface area contributed by atoms with Crippen molar-refractivity contribution in [1.29, 1.82) is 0 Å². The summed E-state index contributed by atoms with van der Waals surface area (Å²) in [5.74, 6) is -0.697. The van der Waals surface area contributed by atoms with Gasteiger partial charge in [0.05, 0.1) is 17.0 Å². The molecule has 0 amide bonds. The maximum Gasteiger partial charge on any atom is 0.416 e. The molecule has 0 saturated heterocycles. The number of benzene rings is 2. The van der Waals surface area contributed by atoms with Crippen LogP contribution in [-0.4, -0.2) is 28.0 Å². The molecule has 0 fully saturated rings. The Balaban J connectivity index is 2.13. The lowest BCUT2D eigenvalue weighted by atomic mass is 10.1. The van der Waals surface area contributed by atoms with E-state index in [2.05, 4.69) is 20.3 Å². The summed E-state index contributed by atoms with van der Waals surface area (Å²) in [6.07, 6.45) is -4.68. The van der Waals surface area contributed by atoms with Gasteiger partial charge in [-0.3, -0.25) is 0 Å². The Morgan fingerprint density at radius 2 is 1.73 bits per heavy atom. The van der Waals surface area contributed by atoms with Crippen molar-refractivity contribution in [3.05, 3.63) is 65.0 Å². The lowest BCUT2D eigenvalue weighted by Gasteiger charge is -2.16. The number of hydrogen-bond donors (Lipinski definition) is 3. The summed E-state index contributed by atoms with van der Waals surface area (Å²) in [5.41, 5.74) is -0.455. The fourth-order valence-corrected chi connectivity index (χ4v) is 3.28. The quantitative estimate of drug-likeness (QED) is 0.347. The van der Waals surface area contributed by atoms with Gasteiger partial charge in [-0.25, -0.2) is 22.5 Å². The van der Waals surface area contributed by atoms with E-state index in [9.17, 15) is 26.0 Å². The van der Waals surface area contributed by atoms with Crippen molar-refractivity contribution in [1.82, 2.24) is 15.4 Å². The van der Waals surface area contributed by atoms with Crippen molar-refractivity contribution >= 4 is 16.0 Å². The van der Waals surface area contributed by atoms with Crippen LogP contribution in [0.3, 0.4) is 0 Å². The minimum atomic E-state index is -4.68. The highest BCUT2D eigenvalue weighted by molar-refractivity contribution is 7.89. The van der Waals surface area contributed by atoms with Crippen molar-refractivity contribution < 1.29 is 26.0 Å². The van der Waals surface area contributed by atoms with Crippen LogP contribution in [-0.2, 0) is 29.3 Å². The fourth-order valence-electron chi connectivity index (χ4n) is 2.55. The Morgan fingerprint density at radius 1 is 1.07 bits per heavy atom. The summed E-state index contributed by atoms with van der Waals surface area (Å²) >= 11 is 0. The van der Waals surface area contributed by atoms with E-state index in [0.29, 0.717) is 18.2 Å². The molecule has 0 atom stereocenters. The molecule has 6 nitrogen and oxygen atoms in total. The molecule has 2 aromatic carbocycles. The molecule has 0 heterocycles. The molecule has 2 rings (SSSR count). The minimum Gasteiger partial charge on any atom is -0.357 e. The zero-order chi connectivity index (χ0) is 22.4. The molecule has 30 heavy (non-hydrogen) atoms. The van der Waals surface area contributed by atoms with Gasteiger partial charge in [-0.2, -0.15) is 13.2 Å². The molecule has 0 unspecified atom stereocenters. The molecule has 0 aliphatic heterocycles. The van der Waals surface area contributed by atoms with Crippen molar-refractivity contribution in [2.24, 2.45) is 4.99 Å². The van der Waals surface area contributed by atoms with Gasteiger partial charge in [0.25, 0.3) is 0 Å². The molecular formula is C19H22F4N4O2S. The number of guanidine groups is 1. The highest BCUT2D eigenvalue weighted by atomic mass is 32.2. The van der Waals surface area contributed by atoms with Crippen LogP contribution in [0.15, 0.2) is 52.4 Å². The van der Waals surface area contributed by atoms with E-state index in [0.717, 1.165) is 12.1 Å². The highest BCUT2D eigenvalue weighted by Crippen LogP contribution is 2.32. The third-order valence-corrected chi connectivity index (χ3v) is 5.52. The van der Waals surface area contributed by atoms with E-state index in [1.807, 2.05) is 0 Å². The molecule has 2 aromatic rings. The van der Waals surface area contributed by atoms with E-state index < -0.39 is 27.6 Å². The smallest absolute Gasteiger partial charge is 0.357 e. The molecular weight excluding hydrogens is 424 g/mol. The Labute approximate surface area is 172 Å². The summed E-state index contributed by atoms with van der Waals surface area (Å²) in [5, 5.41) is 5.71. The predicted octanol–water partition coefficient (Wildman–Crippen LogP) is 3.01. The fraction of sp³-hybridized carbons (Fsp3) is 0.316. The number of halogens is 4. The molecule has 0 aliphatic carbocycles. The van der Waals surface area contributed by atoms with Crippen LogP contribution in [0.5, 0.6) is 0 Å². The van der Waals surface area contributed by atoms with Gasteiger partial charge in [0.15, 0.2) is 5.96 Å². The number of nitrogens with one attached hydrogen (secondary N) is 3. The molecule has 0 bridgehead atoms. The molecule has 0 aromatic heterocycles. The van der Waals surface area contributed by atoms with Gasteiger partial charge in [-0.1, -0.05) is 18.2 Å². The summed E-state index contributed by atoms with van der Waals surface area (Å²) < 4.78 is 78.3. The largest absolute Gasteiger partial charge is 0.416 e. The molecule has 3 N–H and O–H groups in total. The van der Waals surface area contributed by atoms with E-state index in [-0.39, 0.29) is 29.5 Å². The maximum atomic E-state index is 13.2. The lowest BCUT2D eigenvalue weighted by molar-refractivity contribution is -0.138. The predicted molar refractivity (Wildman–Crippen MR) is 106 cm³/mol. The van der Waals surface area contributed by atoms with Gasteiger partial charge < -0.3 is 10.6 Å². The molecule has 0 aliphatic rings. The monoisotopic (exact) mass is 446 g/mol. The number of aliphatic imine (C=N–C) groups is 1. The summed E-state index contributed by atoms with van der Waals surface area (Å²) in [4.78, 5) is 4.40. The second-order valence-corrected chi connectivity index (χ2v) is 8.09. The zero-order valence-corrected chi connectivity index (χ0v) is 17.2. The van der Waals surface area contributed by atoms with Crippen LogP contribution in [0.25, 0.3) is 0 Å². The molecule has 0 saturated carbocycles. The normalized spacial score (nSPS) is 12.7. The van der Waals surface area contributed by atoms with Gasteiger partial charge in [-0.05, 0) is 49.4 Å². The van der Waals surface area contributed by atoms with Gasteiger partial charge in [0.2, 0.25) is 10.0 Å². The Kier molecular flexibility index (Phi) is 7.79. The standard InChI is InChI=1S/C19H22F4N4O2S/c1-3-25-18(26-11-13-4-8-16(9-5-13)30(28,29)24-2)27-12-14-6-7-15(20)10-17(14)19(21,22)23/h4-10,24H,3,11-12H2,1-2H3,(H2,25,26,27). The number of sulfonamides is 1. The zero-order valence-electron chi connectivity index (χ0n) is 16.3. The number of rotatable bonds is 7. The third-order valence-electron chi connectivity index (χ3n) is 4.09. The van der Waals surface area contributed by atoms with Gasteiger partial charge in [0.1, 0.15) is 5.82 Å². The number of alkyl halides is 3. The van der Waals surface area contributed by atoms with Crippen LogP contribution in [0.1, 0.15) is 23.6 Å². The minimum absolute atomic E-state index is 0.110. The lowest BCUT2D eigenvalue weighted by Crippen LogP contribution is -2.37. The molecule has 11 heteroatoms. The summed E-state index contributed by atoms with van der Waals surface area (Å²) in [6, 6.07) is 8.57. The molecule has 0 spiro atoms. The van der Waals surface area contributed by atoms with E-state index in [1.54, 1.807) is 19.1 Å². The van der Waals surface area contributed by atoms with Gasteiger partial charge in [0, 0.05) is 13.1 Å². The van der Waals surface area contributed by atoms with E-state index in [1.165, 1.54) is 19.2 Å². The first kappa shape index (κ1) is 23.6. The Hall–Kier alpha value is -2.66. The van der Waals surface area contributed by atoms with Gasteiger partial charge in [-0.15, -0.1) is 0 Å². The first-order valence-electron chi connectivity index (χ1n) is 8.97. The average Bonchev–Trinajstić information content (AvgIpc) is 2.70. The maximum absolute atomic E-state index is 13.2. The number of nitrogens with zero attached hydrogens (tertiary/aromatic N) is 1. The summed E-state index contributed by atoms with van der Waals surface area (Å²) in [7, 11) is -2.23. The Bertz CT molecular complexity index is 991. The average molecular weight is 446 g/mol. The Morgan fingerprint density at radius 3 is 2.30 bits per heavy atom. The molecule has 0 radical (unpaired) electrons. The van der Waals surface area contributed by atoms with Crippen molar-refractivity contribution in [2.75, 3.05) is 13.6 Å². The van der Waals surface area contributed by atoms with Crippen molar-refractivity contribution in [3.8, 4) is 0 Å². The number of hydrogen-bond acceptors (Lipinski definition) is 3. The first-order valence-corrected chi connectivity index (χ1v) is 10.5. The van der Waals surface area contributed by atoms with Crippen molar-refractivity contribution in [2.45, 2.75) is 31.1 Å². The van der Waals surface area contributed by atoms with E-state index in [4.69, 9.17) is 0 Å². The third kappa shape index (κ3) is 6.42. The van der Waals surface area contributed by atoms with Crippen LogP contribution >= 0.6 is 0 Å².